The number of carbonyl (C=O) groups is 1. The van der Waals surface area contributed by atoms with Crippen LogP contribution < -0.4 is 10.1 Å². The second-order valence-corrected chi connectivity index (χ2v) is 6.97. The predicted octanol–water partition coefficient (Wildman–Crippen LogP) is 4.18. The lowest BCUT2D eigenvalue weighted by Gasteiger charge is -2.01. The van der Waals surface area contributed by atoms with E-state index < -0.39 is 5.91 Å². The second-order valence-electron chi connectivity index (χ2n) is 5.54. The zero-order chi connectivity index (χ0) is 18.8. The van der Waals surface area contributed by atoms with Gasteiger partial charge in [0.15, 0.2) is 10.8 Å². The van der Waals surface area contributed by atoms with Gasteiger partial charge in [-0.25, -0.2) is 9.67 Å². The van der Waals surface area contributed by atoms with Gasteiger partial charge < -0.3 is 4.74 Å². The first-order chi connectivity index (χ1) is 13.1. The number of ether oxygens (including phenoxy) is 1. The van der Waals surface area contributed by atoms with E-state index in [-0.39, 0.29) is 5.69 Å². The van der Waals surface area contributed by atoms with Gasteiger partial charge in [0, 0.05) is 0 Å². The van der Waals surface area contributed by atoms with E-state index in [9.17, 15) is 4.79 Å². The fourth-order valence-corrected chi connectivity index (χ4v) is 3.61. The summed E-state index contributed by atoms with van der Waals surface area (Å²) in [7, 11) is 0. The minimum Gasteiger partial charge on any atom is -0.494 e. The van der Waals surface area contributed by atoms with Gasteiger partial charge in [-0.2, -0.15) is 0 Å². The van der Waals surface area contributed by atoms with E-state index in [2.05, 4.69) is 20.6 Å². The lowest BCUT2D eigenvalue weighted by molar-refractivity contribution is 0.102. The van der Waals surface area contributed by atoms with Crippen LogP contribution in [0.4, 0.5) is 5.13 Å². The molecule has 1 amide bonds. The molecule has 0 aliphatic heterocycles. The number of aromatic nitrogens is 4. The first kappa shape index (κ1) is 17.4. The van der Waals surface area contributed by atoms with Crippen molar-refractivity contribution in [3.05, 3.63) is 59.4 Å². The highest BCUT2D eigenvalue weighted by atomic mass is 35.5. The Balaban J connectivity index is 1.54. The largest absolute Gasteiger partial charge is 0.494 e. The number of rotatable bonds is 5. The fourth-order valence-electron chi connectivity index (χ4n) is 2.50. The Bertz CT molecular complexity index is 1120. The van der Waals surface area contributed by atoms with E-state index >= 15 is 0 Å². The van der Waals surface area contributed by atoms with E-state index in [0.717, 1.165) is 16.0 Å². The van der Waals surface area contributed by atoms with Crippen LogP contribution in [0.1, 0.15) is 17.4 Å². The Kier molecular flexibility index (Phi) is 4.74. The monoisotopic (exact) mass is 399 g/mol. The van der Waals surface area contributed by atoms with Crippen molar-refractivity contribution in [1.82, 2.24) is 20.0 Å². The second kappa shape index (κ2) is 7.34. The molecule has 0 radical (unpaired) electrons. The molecule has 4 aromatic rings. The lowest BCUT2D eigenvalue weighted by Crippen LogP contribution is -2.12. The maximum absolute atomic E-state index is 12.5. The first-order valence-corrected chi connectivity index (χ1v) is 9.35. The van der Waals surface area contributed by atoms with Crippen LogP contribution in [0.5, 0.6) is 5.75 Å². The van der Waals surface area contributed by atoms with E-state index in [1.54, 1.807) is 12.1 Å². The van der Waals surface area contributed by atoms with E-state index in [4.69, 9.17) is 16.3 Å². The van der Waals surface area contributed by atoms with Crippen molar-refractivity contribution in [2.45, 2.75) is 6.92 Å². The molecule has 2 aromatic heterocycles. The molecular weight excluding hydrogens is 386 g/mol. The molecule has 0 fully saturated rings. The molecule has 0 aliphatic rings. The van der Waals surface area contributed by atoms with Crippen LogP contribution in [0.25, 0.3) is 15.9 Å². The summed E-state index contributed by atoms with van der Waals surface area (Å²) in [5.74, 6) is 0.381. The Morgan fingerprint density at radius 1 is 1.30 bits per heavy atom. The van der Waals surface area contributed by atoms with E-state index in [0.29, 0.717) is 22.4 Å². The third-order valence-electron chi connectivity index (χ3n) is 3.72. The Morgan fingerprint density at radius 3 is 2.96 bits per heavy atom. The zero-order valence-electron chi connectivity index (χ0n) is 14.2. The minimum absolute atomic E-state index is 0.171. The summed E-state index contributed by atoms with van der Waals surface area (Å²) < 4.78 is 7.88. The van der Waals surface area contributed by atoms with Gasteiger partial charge in [-0.05, 0) is 37.3 Å². The number of hydrogen-bond acceptors (Lipinski definition) is 6. The number of para-hydroxylation sites is 1. The molecule has 0 aliphatic carbocycles. The van der Waals surface area contributed by atoms with Gasteiger partial charge in [-0.15, -0.1) is 5.10 Å². The van der Waals surface area contributed by atoms with Crippen LogP contribution >= 0.6 is 22.9 Å². The first-order valence-electron chi connectivity index (χ1n) is 8.16. The molecule has 27 heavy (non-hydrogen) atoms. The Hall–Kier alpha value is -2.97. The lowest BCUT2D eigenvalue weighted by atomic mass is 10.3. The van der Waals surface area contributed by atoms with Crippen molar-refractivity contribution >= 4 is 44.2 Å². The smallest absolute Gasteiger partial charge is 0.279 e. The van der Waals surface area contributed by atoms with Crippen molar-refractivity contribution in [3.8, 4) is 11.4 Å². The van der Waals surface area contributed by atoms with Crippen molar-refractivity contribution < 1.29 is 9.53 Å². The third-order valence-corrected chi connectivity index (χ3v) is 4.97. The van der Waals surface area contributed by atoms with Crippen LogP contribution in [-0.4, -0.2) is 32.5 Å². The van der Waals surface area contributed by atoms with Crippen LogP contribution in [0.2, 0.25) is 5.02 Å². The molecular formula is C18H14ClN5O2S. The molecule has 0 unspecified atom stereocenters. The maximum atomic E-state index is 12.5. The summed E-state index contributed by atoms with van der Waals surface area (Å²) in [6.45, 7) is 2.52. The molecule has 2 heterocycles. The van der Waals surface area contributed by atoms with E-state index in [1.165, 1.54) is 22.2 Å². The van der Waals surface area contributed by atoms with Crippen molar-refractivity contribution in [2.75, 3.05) is 11.9 Å². The van der Waals surface area contributed by atoms with Crippen molar-refractivity contribution in [2.24, 2.45) is 0 Å². The summed E-state index contributed by atoms with van der Waals surface area (Å²) in [4.78, 5) is 16.9. The molecule has 0 bridgehead atoms. The van der Waals surface area contributed by atoms with Gasteiger partial charge in [0.05, 0.1) is 33.7 Å². The third kappa shape index (κ3) is 3.62. The molecule has 0 saturated heterocycles. The summed E-state index contributed by atoms with van der Waals surface area (Å²) in [6, 6.07) is 12.8. The molecule has 9 heteroatoms. The zero-order valence-corrected chi connectivity index (χ0v) is 15.8. The minimum atomic E-state index is -0.391. The molecule has 0 saturated carbocycles. The highest BCUT2D eigenvalue weighted by Gasteiger charge is 2.15. The molecule has 0 atom stereocenters. The summed E-state index contributed by atoms with van der Waals surface area (Å²) in [5, 5.41) is 11.7. The highest BCUT2D eigenvalue weighted by Crippen LogP contribution is 2.29. The summed E-state index contributed by atoms with van der Waals surface area (Å²) in [6.07, 6.45) is 1.52. The Morgan fingerprint density at radius 2 is 2.15 bits per heavy atom. The van der Waals surface area contributed by atoms with Gasteiger partial charge in [-0.3, -0.25) is 10.1 Å². The molecule has 136 valence electrons. The molecule has 1 N–H and O–H groups in total. The van der Waals surface area contributed by atoms with E-state index in [1.807, 2.05) is 37.3 Å². The number of carbonyl (C=O) groups excluding carboxylic acids is 1. The number of anilines is 1. The summed E-state index contributed by atoms with van der Waals surface area (Å²) in [5.41, 5.74) is 1.61. The molecule has 7 nitrogen and oxygen atoms in total. The maximum Gasteiger partial charge on any atom is 0.279 e. The Labute approximate surface area is 163 Å². The van der Waals surface area contributed by atoms with Crippen LogP contribution in [0.3, 0.4) is 0 Å². The van der Waals surface area contributed by atoms with Gasteiger partial charge in [0.1, 0.15) is 5.75 Å². The van der Waals surface area contributed by atoms with Crippen LogP contribution in [-0.2, 0) is 0 Å². The van der Waals surface area contributed by atoms with Crippen molar-refractivity contribution in [3.63, 3.8) is 0 Å². The predicted molar refractivity (Wildman–Crippen MR) is 105 cm³/mol. The topological polar surface area (TPSA) is 81.9 Å². The average molecular weight is 400 g/mol. The standard InChI is InChI=1S/C18H14ClN5O2S/c1-2-26-11-7-8-13-16(9-11)27-18(20-13)21-17(25)14-10-24(23-22-14)15-6-4-3-5-12(15)19/h3-10H,2H2,1H3,(H,20,21,25). The van der Waals surface area contributed by atoms with Gasteiger partial charge in [0.25, 0.3) is 5.91 Å². The molecule has 0 spiro atoms. The number of hydrogen-bond donors (Lipinski definition) is 1. The summed E-state index contributed by atoms with van der Waals surface area (Å²) >= 11 is 7.52. The van der Waals surface area contributed by atoms with Crippen molar-refractivity contribution in [1.29, 1.82) is 0 Å². The highest BCUT2D eigenvalue weighted by molar-refractivity contribution is 7.22. The number of fused-ring (bicyclic) bond motifs is 1. The van der Waals surface area contributed by atoms with Crippen LogP contribution in [0, 0.1) is 0 Å². The van der Waals surface area contributed by atoms with Gasteiger partial charge in [-0.1, -0.05) is 40.3 Å². The quantitative estimate of drug-likeness (QED) is 0.544. The number of amides is 1. The number of nitrogens with one attached hydrogen (secondary N) is 1. The number of halogens is 1. The number of nitrogens with zero attached hydrogens (tertiary/aromatic N) is 4. The number of thiazole rings is 1. The number of benzene rings is 2. The average Bonchev–Trinajstić information content (AvgIpc) is 3.28. The molecule has 4 rings (SSSR count). The van der Waals surface area contributed by atoms with Gasteiger partial charge in [0.2, 0.25) is 0 Å². The fraction of sp³-hybridized carbons (Fsp3) is 0.111. The molecule has 2 aromatic carbocycles. The van der Waals surface area contributed by atoms with Gasteiger partial charge >= 0.3 is 0 Å². The SMILES string of the molecule is CCOc1ccc2nc(NC(=O)c3cn(-c4ccccc4Cl)nn3)sc2c1. The normalized spacial score (nSPS) is 10.9. The van der Waals surface area contributed by atoms with Crippen LogP contribution in [0.15, 0.2) is 48.7 Å².